The van der Waals surface area contributed by atoms with Crippen LogP contribution in [0.25, 0.3) is 0 Å². The predicted octanol–water partition coefficient (Wildman–Crippen LogP) is 0.943. The van der Waals surface area contributed by atoms with Crippen LogP contribution in [-0.2, 0) is 11.2 Å². The molecule has 0 saturated heterocycles. The Labute approximate surface area is 89.4 Å². The van der Waals surface area contributed by atoms with E-state index in [1.807, 2.05) is 0 Å². The van der Waals surface area contributed by atoms with E-state index in [4.69, 9.17) is 11.5 Å². The second kappa shape index (κ2) is 4.52. The first-order chi connectivity index (χ1) is 6.49. The molecule has 1 unspecified atom stereocenters. The lowest BCUT2D eigenvalue weighted by atomic mass is 10.1. The summed E-state index contributed by atoms with van der Waals surface area (Å²) in [6.07, 6.45) is 0.242. The Hall–Kier alpha value is -0.940. The SMILES string of the molecule is NC(=O)C(N)Cc1cc(F)cc(Br)c1. The lowest BCUT2D eigenvalue weighted by molar-refractivity contribution is -0.119. The van der Waals surface area contributed by atoms with Crippen molar-refractivity contribution in [2.45, 2.75) is 12.5 Å². The number of hydrogen-bond donors (Lipinski definition) is 2. The van der Waals surface area contributed by atoms with Gasteiger partial charge < -0.3 is 11.5 Å². The summed E-state index contributed by atoms with van der Waals surface area (Å²) < 4.78 is 13.5. The van der Waals surface area contributed by atoms with Crippen molar-refractivity contribution in [3.05, 3.63) is 34.1 Å². The van der Waals surface area contributed by atoms with Crippen LogP contribution in [0.1, 0.15) is 5.56 Å². The molecule has 0 aliphatic carbocycles. The first-order valence-electron chi connectivity index (χ1n) is 3.99. The number of halogens is 2. The molecule has 0 aliphatic rings. The lowest BCUT2D eigenvalue weighted by Crippen LogP contribution is -2.38. The standard InChI is InChI=1S/C9H10BrFN2O/c10-6-1-5(2-7(11)4-6)3-8(12)9(13)14/h1-2,4,8H,3,12H2,(H2,13,14). The van der Waals surface area contributed by atoms with E-state index in [1.165, 1.54) is 12.1 Å². The Kier molecular flexibility index (Phi) is 3.60. The molecular formula is C9H10BrFN2O. The summed E-state index contributed by atoms with van der Waals surface area (Å²) in [6, 6.07) is 3.59. The molecule has 0 bridgehead atoms. The van der Waals surface area contributed by atoms with Crippen LogP contribution in [0.5, 0.6) is 0 Å². The molecule has 76 valence electrons. The predicted molar refractivity (Wildman–Crippen MR) is 55.0 cm³/mol. The van der Waals surface area contributed by atoms with Crippen molar-refractivity contribution < 1.29 is 9.18 Å². The van der Waals surface area contributed by atoms with Gasteiger partial charge in [0, 0.05) is 4.47 Å². The molecule has 0 radical (unpaired) electrons. The van der Waals surface area contributed by atoms with Gasteiger partial charge in [0.1, 0.15) is 5.82 Å². The van der Waals surface area contributed by atoms with E-state index in [2.05, 4.69) is 15.9 Å². The number of hydrogen-bond acceptors (Lipinski definition) is 2. The zero-order valence-corrected chi connectivity index (χ0v) is 8.92. The number of amides is 1. The highest BCUT2D eigenvalue weighted by molar-refractivity contribution is 9.10. The maximum absolute atomic E-state index is 12.9. The van der Waals surface area contributed by atoms with Crippen molar-refractivity contribution in [2.24, 2.45) is 11.5 Å². The molecule has 1 rings (SSSR count). The summed E-state index contributed by atoms with van der Waals surface area (Å²) >= 11 is 3.14. The van der Waals surface area contributed by atoms with Gasteiger partial charge in [0.2, 0.25) is 5.91 Å². The smallest absolute Gasteiger partial charge is 0.234 e. The first-order valence-corrected chi connectivity index (χ1v) is 4.78. The van der Waals surface area contributed by atoms with Crippen LogP contribution in [0.15, 0.2) is 22.7 Å². The fraction of sp³-hybridized carbons (Fsp3) is 0.222. The van der Waals surface area contributed by atoms with E-state index in [1.54, 1.807) is 6.07 Å². The monoisotopic (exact) mass is 260 g/mol. The highest BCUT2D eigenvalue weighted by Gasteiger charge is 2.10. The van der Waals surface area contributed by atoms with Crippen LogP contribution in [0, 0.1) is 5.82 Å². The Morgan fingerprint density at radius 2 is 2.14 bits per heavy atom. The van der Waals surface area contributed by atoms with Gasteiger partial charge in [0.15, 0.2) is 0 Å². The third kappa shape index (κ3) is 3.08. The molecule has 1 aromatic rings. The second-order valence-electron chi connectivity index (χ2n) is 2.99. The van der Waals surface area contributed by atoms with Crippen molar-refractivity contribution in [1.82, 2.24) is 0 Å². The quantitative estimate of drug-likeness (QED) is 0.850. The summed E-state index contributed by atoms with van der Waals surface area (Å²) in [5.74, 6) is -0.962. The Bertz CT molecular complexity index is 336. The lowest BCUT2D eigenvalue weighted by Gasteiger charge is -2.07. The topological polar surface area (TPSA) is 69.1 Å². The third-order valence-corrected chi connectivity index (χ3v) is 2.20. The Balaban J connectivity index is 2.81. The van der Waals surface area contributed by atoms with Gasteiger partial charge in [-0.05, 0) is 30.2 Å². The van der Waals surface area contributed by atoms with Crippen LogP contribution >= 0.6 is 15.9 Å². The molecule has 1 aromatic carbocycles. The average molecular weight is 261 g/mol. The van der Waals surface area contributed by atoms with E-state index in [0.717, 1.165) is 0 Å². The highest BCUT2D eigenvalue weighted by atomic mass is 79.9. The van der Waals surface area contributed by atoms with Crippen LogP contribution < -0.4 is 11.5 Å². The zero-order chi connectivity index (χ0) is 10.7. The molecular weight excluding hydrogens is 251 g/mol. The second-order valence-corrected chi connectivity index (χ2v) is 3.91. The number of rotatable bonds is 3. The highest BCUT2D eigenvalue weighted by Crippen LogP contribution is 2.15. The van der Waals surface area contributed by atoms with Crippen LogP contribution in [-0.4, -0.2) is 11.9 Å². The van der Waals surface area contributed by atoms with Crippen molar-refractivity contribution in [2.75, 3.05) is 0 Å². The summed E-state index contributed by atoms with van der Waals surface area (Å²) in [6.45, 7) is 0. The number of carbonyl (C=O) groups is 1. The van der Waals surface area contributed by atoms with Crippen LogP contribution in [0.2, 0.25) is 0 Å². The maximum Gasteiger partial charge on any atom is 0.234 e. The summed E-state index contributed by atoms with van der Waals surface area (Å²) in [4.78, 5) is 10.7. The minimum atomic E-state index is -0.774. The normalized spacial score (nSPS) is 12.5. The molecule has 1 atom stereocenters. The molecule has 4 N–H and O–H groups in total. The summed E-state index contributed by atoms with van der Waals surface area (Å²) in [5.41, 5.74) is 11.1. The van der Waals surface area contributed by atoms with Crippen molar-refractivity contribution in [3.63, 3.8) is 0 Å². The van der Waals surface area contributed by atoms with Crippen molar-refractivity contribution >= 4 is 21.8 Å². The minimum Gasteiger partial charge on any atom is -0.368 e. The largest absolute Gasteiger partial charge is 0.368 e. The number of nitrogens with two attached hydrogens (primary N) is 2. The van der Waals surface area contributed by atoms with Gasteiger partial charge in [0.05, 0.1) is 6.04 Å². The summed E-state index contributed by atoms with van der Waals surface area (Å²) in [7, 11) is 0. The fourth-order valence-corrected chi connectivity index (χ4v) is 1.60. The number of carbonyl (C=O) groups excluding carboxylic acids is 1. The van der Waals surface area contributed by atoms with Crippen molar-refractivity contribution in [1.29, 1.82) is 0 Å². The molecule has 0 spiro atoms. The van der Waals surface area contributed by atoms with E-state index in [-0.39, 0.29) is 12.2 Å². The average Bonchev–Trinajstić information content (AvgIpc) is 2.01. The molecule has 0 aromatic heterocycles. The van der Waals surface area contributed by atoms with E-state index < -0.39 is 11.9 Å². The molecule has 0 fully saturated rings. The van der Waals surface area contributed by atoms with E-state index in [9.17, 15) is 9.18 Å². The van der Waals surface area contributed by atoms with Crippen LogP contribution in [0.3, 0.4) is 0 Å². The summed E-state index contributed by atoms with van der Waals surface area (Å²) in [5, 5.41) is 0. The maximum atomic E-state index is 12.9. The van der Waals surface area contributed by atoms with Gasteiger partial charge >= 0.3 is 0 Å². The zero-order valence-electron chi connectivity index (χ0n) is 7.34. The molecule has 0 aliphatic heterocycles. The van der Waals surface area contributed by atoms with Gasteiger partial charge in [0.25, 0.3) is 0 Å². The Morgan fingerprint density at radius 1 is 1.50 bits per heavy atom. The van der Waals surface area contributed by atoms with Gasteiger partial charge in [-0.15, -0.1) is 0 Å². The molecule has 3 nitrogen and oxygen atoms in total. The van der Waals surface area contributed by atoms with E-state index in [0.29, 0.717) is 10.0 Å². The molecule has 1 amide bonds. The number of primary amides is 1. The molecule has 0 heterocycles. The fourth-order valence-electron chi connectivity index (χ4n) is 1.08. The molecule has 5 heteroatoms. The van der Waals surface area contributed by atoms with Crippen molar-refractivity contribution in [3.8, 4) is 0 Å². The third-order valence-electron chi connectivity index (χ3n) is 1.74. The van der Waals surface area contributed by atoms with Gasteiger partial charge in [-0.2, -0.15) is 0 Å². The van der Waals surface area contributed by atoms with Gasteiger partial charge in [-0.25, -0.2) is 4.39 Å². The van der Waals surface area contributed by atoms with Gasteiger partial charge in [-0.1, -0.05) is 15.9 Å². The molecule has 14 heavy (non-hydrogen) atoms. The van der Waals surface area contributed by atoms with Crippen LogP contribution in [0.4, 0.5) is 4.39 Å². The van der Waals surface area contributed by atoms with E-state index >= 15 is 0 Å². The van der Waals surface area contributed by atoms with Gasteiger partial charge in [-0.3, -0.25) is 4.79 Å². The minimum absolute atomic E-state index is 0.242. The molecule has 0 saturated carbocycles. The number of benzene rings is 1. The Morgan fingerprint density at radius 3 is 2.64 bits per heavy atom. The first kappa shape index (κ1) is 11.1.